The van der Waals surface area contributed by atoms with Crippen LogP contribution in [0.15, 0.2) is 52.3 Å². The maximum atomic E-state index is 12.8. The van der Waals surface area contributed by atoms with Crippen molar-refractivity contribution in [3.8, 4) is 11.5 Å². The van der Waals surface area contributed by atoms with Crippen LogP contribution >= 0.6 is 11.8 Å². The highest BCUT2D eigenvalue weighted by molar-refractivity contribution is 7.98. The Morgan fingerprint density at radius 3 is 2.73 bits per heavy atom. The van der Waals surface area contributed by atoms with Crippen molar-refractivity contribution in [2.45, 2.75) is 30.8 Å². The number of imidazole rings is 1. The number of carbonyl (C=O) groups excluding carboxylic acids is 1. The summed E-state index contributed by atoms with van der Waals surface area (Å²) in [7, 11) is 1.94. The average Bonchev–Trinajstić information content (AvgIpc) is 3.38. The Kier molecular flexibility index (Phi) is 6.03. The van der Waals surface area contributed by atoms with E-state index in [1.54, 1.807) is 24.0 Å². The van der Waals surface area contributed by atoms with Gasteiger partial charge in [-0.05, 0) is 35.7 Å². The lowest BCUT2D eigenvalue weighted by Gasteiger charge is -2.25. The van der Waals surface area contributed by atoms with Crippen LogP contribution in [0.5, 0.6) is 11.5 Å². The number of nitrogens with zero attached hydrogens (tertiary/aromatic N) is 2. The lowest BCUT2D eigenvalue weighted by molar-refractivity contribution is 0.0895. The minimum atomic E-state index is -0.239. The number of carbonyl (C=O) groups is 1. The molecule has 1 amide bonds. The first-order valence-corrected chi connectivity index (χ1v) is 10.9. The lowest BCUT2D eigenvalue weighted by Crippen LogP contribution is -2.31. The number of hydrogen-bond acceptors (Lipinski definition) is 6. The second-order valence-corrected chi connectivity index (χ2v) is 8.42. The summed E-state index contributed by atoms with van der Waals surface area (Å²) in [5, 5.41) is 3.99. The molecule has 1 unspecified atom stereocenters. The number of ether oxygens (including phenoxy) is 2. The number of aromatic nitrogens is 2. The van der Waals surface area contributed by atoms with E-state index in [-0.39, 0.29) is 17.9 Å². The van der Waals surface area contributed by atoms with Crippen molar-refractivity contribution in [3.05, 3.63) is 59.8 Å². The van der Waals surface area contributed by atoms with Crippen LogP contribution in [-0.4, -0.2) is 28.7 Å². The second-order valence-electron chi connectivity index (χ2n) is 7.47. The monoisotopic (exact) mass is 427 g/mol. The molecule has 1 aliphatic rings. The zero-order chi connectivity index (χ0) is 21.1. The third-order valence-electron chi connectivity index (χ3n) is 4.88. The van der Waals surface area contributed by atoms with Gasteiger partial charge in [0.2, 0.25) is 0 Å². The van der Waals surface area contributed by atoms with E-state index in [0.29, 0.717) is 30.5 Å². The summed E-state index contributed by atoms with van der Waals surface area (Å²) in [4.78, 5) is 17.1. The van der Waals surface area contributed by atoms with Crippen LogP contribution in [0.25, 0.3) is 0 Å². The van der Waals surface area contributed by atoms with Crippen molar-refractivity contribution in [2.24, 2.45) is 13.0 Å². The zero-order valence-corrected chi connectivity index (χ0v) is 18.1. The van der Waals surface area contributed by atoms with Crippen LogP contribution in [0.2, 0.25) is 0 Å². The second kappa shape index (κ2) is 8.87. The largest absolute Gasteiger partial charge is 0.486 e. The molecule has 1 N–H and O–H groups in total. The van der Waals surface area contributed by atoms with Crippen molar-refractivity contribution < 1.29 is 18.7 Å². The van der Waals surface area contributed by atoms with E-state index in [1.807, 2.05) is 42.1 Å². The number of thioether (sulfide) groups is 1. The summed E-state index contributed by atoms with van der Waals surface area (Å²) in [6.45, 7) is 5.22. The Hall–Kier alpha value is -2.87. The van der Waals surface area contributed by atoms with Gasteiger partial charge >= 0.3 is 0 Å². The van der Waals surface area contributed by atoms with Crippen LogP contribution < -0.4 is 14.8 Å². The van der Waals surface area contributed by atoms with Gasteiger partial charge in [-0.3, -0.25) is 4.79 Å². The van der Waals surface area contributed by atoms with Gasteiger partial charge in [0.1, 0.15) is 19.0 Å². The summed E-state index contributed by atoms with van der Waals surface area (Å²) < 4.78 is 19.0. The van der Waals surface area contributed by atoms with Crippen LogP contribution in [-0.2, 0) is 12.8 Å². The van der Waals surface area contributed by atoms with Crippen LogP contribution in [0.3, 0.4) is 0 Å². The van der Waals surface area contributed by atoms with Crippen LogP contribution in [0.1, 0.15) is 41.8 Å². The molecule has 1 atom stereocenters. The highest BCUT2D eigenvalue weighted by Gasteiger charge is 2.23. The van der Waals surface area contributed by atoms with E-state index < -0.39 is 0 Å². The minimum Gasteiger partial charge on any atom is -0.486 e. The fraction of sp³-hybridized carbons (Fsp3) is 0.364. The predicted molar refractivity (Wildman–Crippen MR) is 114 cm³/mol. The van der Waals surface area contributed by atoms with E-state index in [2.05, 4.69) is 24.1 Å². The number of aryl methyl sites for hydroxylation is 1. The van der Waals surface area contributed by atoms with Gasteiger partial charge in [0.15, 0.2) is 22.4 Å². The molecule has 0 spiro atoms. The van der Waals surface area contributed by atoms with Gasteiger partial charge < -0.3 is 23.8 Å². The quantitative estimate of drug-likeness (QED) is 0.569. The van der Waals surface area contributed by atoms with Gasteiger partial charge in [0.25, 0.3) is 5.91 Å². The van der Waals surface area contributed by atoms with Crippen molar-refractivity contribution in [3.63, 3.8) is 0 Å². The molecule has 2 aromatic heterocycles. The topological polar surface area (TPSA) is 78.5 Å². The predicted octanol–water partition coefficient (Wildman–Crippen LogP) is 4.20. The maximum absolute atomic E-state index is 12.8. The zero-order valence-electron chi connectivity index (χ0n) is 17.3. The lowest BCUT2D eigenvalue weighted by atomic mass is 9.95. The Bertz CT molecular complexity index is 1030. The third kappa shape index (κ3) is 4.48. The molecule has 4 rings (SSSR count). The van der Waals surface area contributed by atoms with Gasteiger partial charge in [-0.25, -0.2) is 4.98 Å². The SMILES string of the molecule is CC(C)C(NC(=O)c1ccc(CSc2nccn2C)o1)c1ccc2c(c1)OCCO2. The molecule has 0 bridgehead atoms. The molecule has 30 heavy (non-hydrogen) atoms. The number of rotatable bonds is 7. The maximum Gasteiger partial charge on any atom is 0.287 e. The molecule has 0 fully saturated rings. The number of amides is 1. The number of benzene rings is 1. The van der Waals surface area contributed by atoms with Crippen LogP contribution in [0.4, 0.5) is 0 Å². The van der Waals surface area contributed by atoms with Crippen molar-refractivity contribution >= 4 is 17.7 Å². The van der Waals surface area contributed by atoms with Gasteiger partial charge in [0, 0.05) is 19.4 Å². The van der Waals surface area contributed by atoms with E-state index in [1.165, 1.54) is 0 Å². The van der Waals surface area contributed by atoms with E-state index >= 15 is 0 Å². The highest BCUT2D eigenvalue weighted by atomic mass is 32.2. The van der Waals surface area contributed by atoms with E-state index in [4.69, 9.17) is 13.9 Å². The van der Waals surface area contributed by atoms with Gasteiger partial charge in [-0.15, -0.1) is 0 Å². The molecule has 1 aromatic carbocycles. The first-order valence-electron chi connectivity index (χ1n) is 9.90. The van der Waals surface area contributed by atoms with Crippen molar-refractivity contribution in [1.29, 1.82) is 0 Å². The number of nitrogens with one attached hydrogen (secondary N) is 1. The molecule has 3 aromatic rings. The molecule has 3 heterocycles. The number of furan rings is 1. The first kappa shape index (κ1) is 20.4. The summed E-state index contributed by atoms with van der Waals surface area (Å²) in [5.74, 6) is 3.03. The fourth-order valence-electron chi connectivity index (χ4n) is 3.30. The smallest absolute Gasteiger partial charge is 0.287 e. The number of fused-ring (bicyclic) bond motifs is 1. The molecule has 158 valence electrons. The van der Waals surface area contributed by atoms with E-state index in [9.17, 15) is 4.79 Å². The van der Waals surface area contributed by atoms with Crippen molar-refractivity contribution in [1.82, 2.24) is 14.9 Å². The molecule has 0 aliphatic carbocycles. The Balaban J connectivity index is 1.43. The standard InChI is InChI=1S/C22H25N3O4S/c1-14(2)20(15-4-6-17-19(12-15)28-11-10-27-17)24-21(26)18-7-5-16(29-18)13-30-22-23-8-9-25(22)3/h4-9,12,14,20H,10-11,13H2,1-3H3,(H,24,26). The molecule has 0 radical (unpaired) electrons. The number of hydrogen-bond donors (Lipinski definition) is 1. The normalized spacial score (nSPS) is 14.0. The highest BCUT2D eigenvalue weighted by Crippen LogP contribution is 2.34. The fourth-order valence-corrected chi connectivity index (χ4v) is 4.13. The average molecular weight is 428 g/mol. The molecular weight excluding hydrogens is 402 g/mol. The molecule has 8 heteroatoms. The van der Waals surface area contributed by atoms with Gasteiger partial charge in [-0.2, -0.15) is 0 Å². The molecule has 0 saturated heterocycles. The Labute approximate surface area is 179 Å². The van der Waals surface area contributed by atoms with Gasteiger partial charge in [0.05, 0.1) is 11.8 Å². The summed E-state index contributed by atoms with van der Waals surface area (Å²) in [6.07, 6.45) is 3.65. The summed E-state index contributed by atoms with van der Waals surface area (Å²) in [5.41, 5.74) is 0.972. The first-order chi connectivity index (χ1) is 14.5. The molecular formula is C22H25N3O4S. The molecule has 7 nitrogen and oxygen atoms in total. The third-order valence-corrected chi connectivity index (χ3v) is 5.97. The molecule has 1 aliphatic heterocycles. The van der Waals surface area contributed by atoms with Crippen molar-refractivity contribution in [2.75, 3.05) is 13.2 Å². The minimum absolute atomic E-state index is 0.177. The van der Waals surface area contributed by atoms with Crippen LogP contribution in [0, 0.1) is 5.92 Å². The van der Waals surface area contributed by atoms with Gasteiger partial charge in [-0.1, -0.05) is 31.7 Å². The molecule has 0 saturated carbocycles. The summed E-state index contributed by atoms with van der Waals surface area (Å²) in [6, 6.07) is 9.17. The Morgan fingerprint density at radius 2 is 2.00 bits per heavy atom. The van der Waals surface area contributed by atoms with E-state index in [0.717, 1.165) is 22.2 Å². The summed E-state index contributed by atoms with van der Waals surface area (Å²) >= 11 is 1.56. The Morgan fingerprint density at radius 1 is 1.20 bits per heavy atom.